The fourth-order valence-electron chi connectivity index (χ4n) is 13.5. The molecule has 1 aromatic rings. The molecule has 300 valence electrons. The van der Waals surface area contributed by atoms with Gasteiger partial charge in [-0.25, -0.2) is 0 Å². The zero-order chi connectivity index (χ0) is 39.6. The molecule has 4 N–H and O–H groups in total. The molecule has 0 aliphatic heterocycles. The molecule has 5 aliphatic carbocycles. The van der Waals surface area contributed by atoms with Crippen molar-refractivity contribution in [1.29, 1.82) is 0 Å². The SMILES string of the molecule is CC(C)C1=C2[C@H]3CC[C@@H]4[C@@]5(C)CC[C@H](OC(=O)CC(C)(C)C(=O)O)C(C)(C)[C@@H]5CC[C@@]4(C)[C@]3(C)CCC2(C(O)CN(CCN)Cc2cccnc2)CC1=O. The lowest BCUT2D eigenvalue weighted by molar-refractivity contribution is -0.235. The average molecular weight is 748 g/mol. The lowest BCUT2D eigenvalue weighted by Crippen LogP contribution is -2.66. The molecule has 9 heteroatoms. The highest BCUT2D eigenvalue weighted by molar-refractivity contribution is 6.00. The fraction of sp³-hybridized carbons (Fsp3) is 0.778. The number of nitrogens with two attached hydrogens (primary N) is 1. The van der Waals surface area contributed by atoms with Crippen LogP contribution in [0.1, 0.15) is 132 Å². The summed E-state index contributed by atoms with van der Waals surface area (Å²) in [7, 11) is 0. The maximum Gasteiger partial charge on any atom is 0.309 e. The molecule has 0 bridgehead atoms. The fourth-order valence-corrected chi connectivity index (χ4v) is 13.5. The van der Waals surface area contributed by atoms with Crippen molar-refractivity contribution in [3.63, 3.8) is 0 Å². The molecule has 1 aromatic heterocycles. The minimum Gasteiger partial charge on any atom is -0.481 e. The van der Waals surface area contributed by atoms with Crippen LogP contribution in [0, 0.1) is 56.2 Å². The summed E-state index contributed by atoms with van der Waals surface area (Å²) in [6, 6.07) is 4.00. The molecule has 4 saturated carbocycles. The van der Waals surface area contributed by atoms with E-state index in [9.17, 15) is 24.6 Å². The summed E-state index contributed by atoms with van der Waals surface area (Å²) in [4.78, 5) is 45.6. The first-order valence-electron chi connectivity index (χ1n) is 20.9. The second-order valence-corrected chi connectivity index (χ2v) is 20.5. The number of carbonyl (C=O) groups excluding carboxylic acids is 2. The van der Waals surface area contributed by atoms with Crippen LogP contribution in [0.15, 0.2) is 35.7 Å². The molecule has 9 nitrogen and oxygen atoms in total. The predicted octanol–water partition coefficient (Wildman–Crippen LogP) is 7.60. The number of aliphatic hydroxyl groups is 1. The van der Waals surface area contributed by atoms with Gasteiger partial charge in [-0.2, -0.15) is 0 Å². The predicted molar refractivity (Wildman–Crippen MR) is 210 cm³/mol. The van der Waals surface area contributed by atoms with Crippen LogP contribution < -0.4 is 5.73 Å². The highest BCUT2D eigenvalue weighted by Gasteiger charge is 2.70. The second kappa shape index (κ2) is 14.4. The van der Waals surface area contributed by atoms with Crippen molar-refractivity contribution in [1.82, 2.24) is 9.88 Å². The Morgan fingerprint density at radius 3 is 2.37 bits per heavy atom. The summed E-state index contributed by atoms with van der Waals surface area (Å²) in [5.74, 6) is -0.0248. The molecule has 1 heterocycles. The molecule has 2 unspecified atom stereocenters. The number of aliphatic hydroxyl groups excluding tert-OH is 1. The standard InChI is InChI=1S/C45H69N3O6/c1-28(2)37-31(49)23-45(34(50)27-48(22-20-46)26-29-11-10-21-47-25-29)19-18-43(8)30(38(37)45)12-13-33-42(7)16-15-35(54-36(51)24-40(3,4)39(52)53)41(5,6)32(42)14-17-44(33,43)9/h10-11,21,25,28,30,32-35,50H,12-20,22-24,26-27,46H2,1-9H3,(H,52,53)/t30-,32+,33-,34?,35+,42+,43-,44-,45?/m1/s1. The molecule has 0 amide bonds. The summed E-state index contributed by atoms with van der Waals surface area (Å²) in [6.07, 6.45) is 10.7. The molecular weight excluding hydrogens is 679 g/mol. The summed E-state index contributed by atoms with van der Waals surface area (Å²) in [5.41, 5.74) is 7.52. The second-order valence-electron chi connectivity index (χ2n) is 20.5. The van der Waals surface area contributed by atoms with E-state index >= 15 is 0 Å². The van der Waals surface area contributed by atoms with Crippen LogP contribution in [0.4, 0.5) is 0 Å². The van der Waals surface area contributed by atoms with Crippen molar-refractivity contribution in [2.45, 2.75) is 145 Å². The molecule has 9 atom stereocenters. The van der Waals surface area contributed by atoms with E-state index in [2.05, 4.69) is 64.4 Å². The molecule has 0 saturated heterocycles. The van der Waals surface area contributed by atoms with Crippen molar-refractivity contribution in [3.05, 3.63) is 41.2 Å². The largest absolute Gasteiger partial charge is 0.481 e. The molecule has 0 radical (unpaired) electrons. The third kappa shape index (κ3) is 6.50. The number of ketones is 1. The third-order valence-corrected chi connectivity index (χ3v) is 16.5. The molecule has 5 aliphatic rings. The van der Waals surface area contributed by atoms with E-state index in [1.54, 1.807) is 20.0 Å². The van der Waals surface area contributed by atoms with E-state index in [-0.39, 0.29) is 51.8 Å². The Labute approximate surface area is 324 Å². The minimum absolute atomic E-state index is 0.0320. The van der Waals surface area contributed by atoms with Gasteiger partial charge in [0.1, 0.15) is 6.10 Å². The van der Waals surface area contributed by atoms with Crippen LogP contribution >= 0.6 is 0 Å². The number of carboxylic acid groups (broad SMARTS) is 1. The molecular formula is C45H69N3O6. The Morgan fingerprint density at radius 1 is 1.02 bits per heavy atom. The number of Topliss-reactive ketones (excluding diaryl/α,β-unsaturated/α-hetero) is 1. The maximum atomic E-state index is 14.2. The van der Waals surface area contributed by atoms with Crippen LogP contribution in [0.5, 0.6) is 0 Å². The first-order chi connectivity index (χ1) is 25.2. The Balaban J connectivity index is 1.29. The summed E-state index contributed by atoms with van der Waals surface area (Å²) < 4.78 is 6.18. The van der Waals surface area contributed by atoms with Gasteiger partial charge in [-0.3, -0.25) is 24.3 Å². The van der Waals surface area contributed by atoms with Crippen molar-refractivity contribution in [2.75, 3.05) is 19.6 Å². The van der Waals surface area contributed by atoms with Gasteiger partial charge in [0.25, 0.3) is 0 Å². The topological polar surface area (TPSA) is 143 Å². The number of pyridine rings is 1. The number of hydrogen-bond donors (Lipinski definition) is 3. The lowest BCUT2D eigenvalue weighted by atomic mass is 9.33. The van der Waals surface area contributed by atoms with E-state index in [1.165, 1.54) is 5.57 Å². The summed E-state index contributed by atoms with van der Waals surface area (Å²) in [6.45, 7) is 21.9. The monoisotopic (exact) mass is 748 g/mol. The number of rotatable bonds is 12. The number of carbonyl (C=O) groups is 3. The number of fused-ring (bicyclic) bond motifs is 7. The number of aromatic nitrogens is 1. The molecule has 0 spiro atoms. The third-order valence-electron chi connectivity index (χ3n) is 16.5. The zero-order valence-electron chi connectivity index (χ0n) is 34.7. The van der Waals surface area contributed by atoms with E-state index in [1.807, 2.05) is 12.3 Å². The molecule has 6 rings (SSSR count). The van der Waals surface area contributed by atoms with E-state index in [0.717, 1.165) is 62.5 Å². The van der Waals surface area contributed by atoms with E-state index in [4.69, 9.17) is 10.5 Å². The number of nitrogens with zero attached hydrogens (tertiary/aromatic N) is 2. The summed E-state index contributed by atoms with van der Waals surface area (Å²) >= 11 is 0. The highest BCUT2D eigenvalue weighted by atomic mass is 16.5. The Hall–Kier alpha value is -2.62. The minimum atomic E-state index is -1.17. The summed E-state index contributed by atoms with van der Waals surface area (Å²) in [5, 5.41) is 22.1. The van der Waals surface area contributed by atoms with Gasteiger partial charge in [-0.05, 0) is 122 Å². The lowest BCUT2D eigenvalue weighted by Gasteiger charge is -2.72. The van der Waals surface area contributed by atoms with Crippen molar-refractivity contribution in [3.8, 4) is 0 Å². The zero-order valence-corrected chi connectivity index (χ0v) is 34.7. The number of hydrogen-bond acceptors (Lipinski definition) is 8. The number of ether oxygens (including phenoxy) is 1. The van der Waals surface area contributed by atoms with Crippen LogP contribution in [0.25, 0.3) is 0 Å². The van der Waals surface area contributed by atoms with Crippen LogP contribution in [-0.4, -0.2) is 69.7 Å². The van der Waals surface area contributed by atoms with Gasteiger partial charge in [0, 0.05) is 55.8 Å². The normalized spacial score (nSPS) is 36.6. The van der Waals surface area contributed by atoms with Gasteiger partial charge in [0.05, 0.1) is 17.9 Å². The van der Waals surface area contributed by atoms with Crippen LogP contribution in [0.3, 0.4) is 0 Å². The van der Waals surface area contributed by atoms with Gasteiger partial charge in [0.15, 0.2) is 5.78 Å². The van der Waals surface area contributed by atoms with Crippen molar-refractivity contribution >= 4 is 17.7 Å². The number of aliphatic carboxylic acids is 1. The highest BCUT2D eigenvalue weighted by Crippen LogP contribution is 2.77. The van der Waals surface area contributed by atoms with E-state index in [0.29, 0.717) is 44.4 Å². The van der Waals surface area contributed by atoms with Gasteiger partial charge in [-0.1, -0.05) is 60.1 Å². The van der Waals surface area contributed by atoms with Crippen molar-refractivity contribution < 1.29 is 29.3 Å². The number of esters is 1. The van der Waals surface area contributed by atoms with Crippen LogP contribution in [0.2, 0.25) is 0 Å². The Bertz CT molecular complexity index is 1640. The smallest absolute Gasteiger partial charge is 0.309 e. The van der Waals surface area contributed by atoms with E-state index < -0.39 is 28.9 Å². The quantitative estimate of drug-likeness (QED) is 0.184. The number of allylic oxidation sites excluding steroid dienone is 1. The van der Waals surface area contributed by atoms with Crippen LogP contribution in [-0.2, 0) is 25.7 Å². The first-order valence-corrected chi connectivity index (χ1v) is 20.9. The van der Waals surface area contributed by atoms with Gasteiger partial charge >= 0.3 is 11.9 Å². The number of carboxylic acids is 1. The Morgan fingerprint density at radius 2 is 1.74 bits per heavy atom. The molecule has 4 fully saturated rings. The Kier molecular flexibility index (Phi) is 10.9. The van der Waals surface area contributed by atoms with Gasteiger partial charge in [-0.15, -0.1) is 0 Å². The van der Waals surface area contributed by atoms with Crippen molar-refractivity contribution in [2.24, 2.45) is 61.9 Å². The maximum absolute atomic E-state index is 14.2. The first kappa shape index (κ1) is 41.0. The average Bonchev–Trinajstić information content (AvgIpc) is 3.40. The molecule has 54 heavy (non-hydrogen) atoms. The van der Waals surface area contributed by atoms with Gasteiger partial charge < -0.3 is 20.7 Å². The molecule has 0 aromatic carbocycles. The van der Waals surface area contributed by atoms with Gasteiger partial charge in [0.2, 0.25) is 0 Å².